The van der Waals surface area contributed by atoms with Gasteiger partial charge in [0.2, 0.25) is 0 Å². The Labute approximate surface area is 134 Å². The van der Waals surface area contributed by atoms with Gasteiger partial charge in [0.25, 0.3) is 0 Å². The lowest BCUT2D eigenvalue weighted by Gasteiger charge is -2.04. The van der Waals surface area contributed by atoms with E-state index >= 15 is 0 Å². The zero-order valence-electron chi connectivity index (χ0n) is 12.7. The molecule has 0 spiro atoms. The molecule has 0 radical (unpaired) electrons. The van der Waals surface area contributed by atoms with Gasteiger partial charge in [0, 0.05) is 6.54 Å². The van der Waals surface area contributed by atoms with Crippen LogP contribution in [-0.2, 0) is 16.1 Å². The molecule has 2 amide bonds. The van der Waals surface area contributed by atoms with Gasteiger partial charge in [-0.2, -0.15) is 5.10 Å². The zero-order valence-corrected chi connectivity index (χ0v) is 12.7. The number of nitrogens with zero attached hydrogens (tertiary/aromatic N) is 1. The van der Waals surface area contributed by atoms with E-state index in [2.05, 4.69) is 15.8 Å². The van der Waals surface area contributed by atoms with E-state index in [0.717, 1.165) is 11.1 Å². The van der Waals surface area contributed by atoms with Gasteiger partial charge in [-0.15, -0.1) is 0 Å². The minimum Gasteiger partial charge on any atom is -0.497 e. The highest BCUT2D eigenvalue weighted by Crippen LogP contribution is 2.10. The van der Waals surface area contributed by atoms with E-state index in [1.807, 2.05) is 30.3 Å². The molecule has 0 saturated carbocycles. The third-order valence-electron chi connectivity index (χ3n) is 2.98. The summed E-state index contributed by atoms with van der Waals surface area (Å²) < 4.78 is 5.08. The predicted molar refractivity (Wildman–Crippen MR) is 87.0 cm³/mol. The van der Waals surface area contributed by atoms with Crippen molar-refractivity contribution in [3.8, 4) is 5.75 Å². The van der Waals surface area contributed by atoms with Crippen LogP contribution in [0.2, 0.25) is 0 Å². The first-order valence-corrected chi connectivity index (χ1v) is 6.98. The number of amides is 2. The molecule has 0 aliphatic rings. The number of carbonyl (C=O) groups excluding carboxylic acids is 2. The molecule has 6 nitrogen and oxygen atoms in total. The number of nitrogens with one attached hydrogen (secondary N) is 2. The maximum Gasteiger partial charge on any atom is 0.329 e. The fourth-order valence-electron chi connectivity index (χ4n) is 1.80. The van der Waals surface area contributed by atoms with E-state index in [4.69, 9.17) is 4.74 Å². The molecule has 0 aromatic heterocycles. The molecular weight excluding hydrogens is 294 g/mol. The molecule has 23 heavy (non-hydrogen) atoms. The molecule has 0 aliphatic heterocycles. The van der Waals surface area contributed by atoms with Gasteiger partial charge in [0.1, 0.15) is 5.75 Å². The van der Waals surface area contributed by atoms with Crippen LogP contribution in [0.25, 0.3) is 0 Å². The second kappa shape index (κ2) is 8.33. The first-order valence-electron chi connectivity index (χ1n) is 6.98. The van der Waals surface area contributed by atoms with Gasteiger partial charge in [-0.05, 0) is 23.3 Å². The summed E-state index contributed by atoms with van der Waals surface area (Å²) in [7, 11) is 1.56. The van der Waals surface area contributed by atoms with Crippen LogP contribution in [-0.4, -0.2) is 25.1 Å². The summed E-state index contributed by atoms with van der Waals surface area (Å²) in [6.07, 6.45) is 1.44. The van der Waals surface area contributed by atoms with E-state index in [-0.39, 0.29) is 6.54 Å². The SMILES string of the molecule is COc1cccc(C=NNC(=O)C(=O)NCc2ccccc2)c1. The van der Waals surface area contributed by atoms with Crippen molar-refractivity contribution in [3.63, 3.8) is 0 Å². The highest BCUT2D eigenvalue weighted by Gasteiger charge is 2.11. The zero-order chi connectivity index (χ0) is 16.5. The summed E-state index contributed by atoms with van der Waals surface area (Å²) >= 11 is 0. The van der Waals surface area contributed by atoms with Crippen LogP contribution in [0.3, 0.4) is 0 Å². The fraction of sp³-hybridized carbons (Fsp3) is 0.118. The van der Waals surface area contributed by atoms with Gasteiger partial charge in [-0.1, -0.05) is 42.5 Å². The smallest absolute Gasteiger partial charge is 0.329 e. The molecule has 2 N–H and O–H groups in total. The minimum absolute atomic E-state index is 0.284. The normalized spacial score (nSPS) is 10.3. The highest BCUT2D eigenvalue weighted by atomic mass is 16.5. The molecule has 0 aliphatic carbocycles. The average molecular weight is 311 g/mol. The Morgan fingerprint density at radius 3 is 2.61 bits per heavy atom. The van der Waals surface area contributed by atoms with E-state index in [1.165, 1.54) is 6.21 Å². The molecule has 0 saturated heterocycles. The number of rotatable bonds is 5. The van der Waals surface area contributed by atoms with Gasteiger partial charge in [-0.3, -0.25) is 9.59 Å². The van der Waals surface area contributed by atoms with Gasteiger partial charge in [-0.25, -0.2) is 5.43 Å². The summed E-state index contributed by atoms with van der Waals surface area (Å²) in [5, 5.41) is 6.27. The molecule has 6 heteroatoms. The summed E-state index contributed by atoms with van der Waals surface area (Å²) in [4.78, 5) is 23.3. The van der Waals surface area contributed by atoms with Crippen LogP contribution >= 0.6 is 0 Å². The van der Waals surface area contributed by atoms with Crippen molar-refractivity contribution in [2.24, 2.45) is 5.10 Å². The number of methoxy groups -OCH3 is 1. The Kier molecular flexibility index (Phi) is 5.88. The third kappa shape index (κ3) is 5.28. The van der Waals surface area contributed by atoms with Crippen molar-refractivity contribution < 1.29 is 14.3 Å². The van der Waals surface area contributed by atoms with Crippen molar-refractivity contribution in [1.29, 1.82) is 0 Å². The molecule has 118 valence electrons. The third-order valence-corrected chi connectivity index (χ3v) is 2.98. The predicted octanol–water partition coefficient (Wildman–Crippen LogP) is 1.46. The average Bonchev–Trinajstić information content (AvgIpc) is 2.60. The molecule has 0 heterocycles. The number of carbonyl (C=O) groups is 2. The highest BCUT2D eigenvalue weighted by molar-refractivity contribution is 6.35. The fourth-order valence-corrected chi connectivity index (χ4v) is 1.80. The van der Waals surface area contributed by atoms with Crippen LogP contribution < -0.4 is 15.5 Å². The largest absolute Gasteiger partial charge is 0.497 e. The van der Waals surface area contributed by atoms with Crippen molar-refractivity contribution in [1.82, 2.24) is 10.7 Å². The lowest BCUT2D eigenvalue weighted by molar-refractivity contribution is -0.139. The Hall–Kier alpha value is -3.15. The summed E-state index contributed by atoms with van der Waals surface area (Å²) in [5.74, 6) is -0.877. The first-order chi connectivity index (χ1) is 11.2. The summed E-state index contributed by atoms with van der Waals surface area (Å²) in [6.45, 7) is 0.284. The Morgan fingerprint density at radius 2 is 1.87 bits per heavy atom. The molecule has 2 aromatic rings. The topological polar surface area (TPSA) is 79.8 Å². The summed E-state index contributed by atoms with van der Waals surface area (Å²) in [6, 6.07) is 16.5. The minimum atomic E-state index is -0.819. The number of hydrogen-bond donors (Lipinski definition) is 2. The Bertz CT molecular complexity index is 699. The standard InChI is InChI=1S/C17H17N3O3/c1-23-15-9-5-8-14(10-15)12-19-20-17(22)16(21)18-11-13-6-3-2-4-7-13/h2-10,12H,11H2,1H3,(H,18,21)(H,20,22). The van der Waals surface area contributed by atoms with Gasteiger partial charge < -0.3 is 10.1 Å². The van der Waals surface area contributed by atoms with Crippen LogP contribution in [0.1, 0.15) is 11.1 Å². The lowest BCUT2D eigenvalue weighted by Crippen LogP contribution is -2.37. The van der Waals surface area contributed by atoms with E-state index < -0.39 is 11.8 Å². The van der Waals surface area contributed by atoms with Crippen molar-refractivity contribution in [2.45, 2.75) is 6.54 Å². The molecule has 0 fully saturated rings. The number of ether oxygens (including phenoxy) is 1. The van der Waals surface area contributed by atoms with E-state index in [0.29, 0.717) is 5.75 Å². The van der Waals surface area contributed by atoms with E-state index in [9.17, 15) is 9.59 Å². The van der Waals surface area contributed by atoms with Crippen molar-refractivity contribution >= 4 is 18.0 Å². The maximum absolute atomic E-state index is 11.6. The number of hydrogen-bond acceptors (Lipinski definition) is 4. The molecular formula is C17H17N3O3. The van der Waals surface area contributed by atoms with Crippen molar-refractivity contribution in [2.75, 3.05) is 7.11 Å². The molecule has 0 bridgehead atoms. The van der Waals surface area contributed by atoms with Crippen LogP contribution in [0.15, 0.2) is 59.7 Å². The number of hydrazone groups is 1. The lowest BCUT2D eigenvalue weighted by atomic mass is 10.2. The first kappa shape index (κ1) is 16.2. The molecule has 2 aromatic carbocycles. The Morgan fingerprint density at radius 1 is 1.09 bits per heavy atom. The van der Waals surface area contributed by atoms with Gasteiger partial charge >= 0.3 is 11.8 Å². The summed E-state index contributed by atoms with van der Waals surface area (Å²) in [5.41, 5.74) is 3.84. The van der Waals surface area contributed by atoms with Gasteiger partial charge in [0.15, 0.2) is 0 Å². The Balaban J connectivity index is 1.81. The second-order valence-corrected chi connectivity index (χ2v) is 4.64. The molecule has 2 rings (SSSR count). The van der Waals surface area contributed by atoms with E-state index in [1.54, 1.807) is 31.4 Å². The van der Waals surface area contributed by atoms with Crippen LogP contribution in [0, 0.1) is 0 Å². The number of benzene rings is 2. The van der Waals surface area contributed by atoms with Crippen LogP contribution in [0.4, 0.5) is 0 Å². The van der Waals surface area contributed by atoms with Crippen LogP contribution in [0.5, 0.6) is 5.75 Å². The van der Waals surface area contributed by atoms with Crippen molar-refractivity contribution in [3.05, 3.63) is 65.7 Å². The second-order valence-electron chi connectivity index (χ2n) is 4.64. The van der Waals surface area contributed by atoms with Gasteiger partial charge in [0.05, 0.1) is 13.3 Å². The monoisotopic (exact) mass is 311 g/mol. The maximum atomic E-state index is 11.6. The molecule has 0 unspecified atom stereocenters. The quantitative estimate of drug-likeness (QED) is 0.498. The molecule has 0 atom stereocenters.